The summed E-state index contributed by atoms with van der Waals surface area (Å²) >= 11 is 5.91. The summed E-state index contributed by atoms with van der Waals surface area (Å²) < 4.78 is 6.81. The summed E-state index contributed by atoms with van der Waals surface area (Å²) in [7, 11) is 3.33. The number of hydrogen-bond donors (Lipinski definition) is 1. The molecule has 0 saturated carbocycles. The fraction of sp³-hybridized carbons (Fsp3) is 0.308. The Hall–Kier alpha value is -1.52. The zero-order valence-corrected chi connectivity index (χ0v) is 11.3. The predicted molar refractivity (Wildman–Crippen MR) is 70.0 cm³/mol. The standard InChI is InChI=1S/C13H15ClN2O2/c1-8-6-9(14)4-5-10(8)13(17)12-11(18-3)7-15-16(12)2/h4-7,13,17H,1-3H3. The number of aliphatic hydroxyl groups is 1. The van der Waals surface area contributed by atoms with Crippen LogP contribution in [0.5, 0.6) is 5.75 Å². The summed E-state index contributed by atoms with van der Waals surface area (Å²) in [4.78, 5) is 0. The van der Waals surface area contributed by atoms with E-state index in [9.17, 15) is 5.11 Å². The van der Waals surface area contributed by atoms with E-state index in [1.807, 2.05) is 19.1 Å². The van der Waals surface area contributed by atoms with E-state index in [4.69, 9.17) is 16.3 Å². The second-order valence-electron chi connectivity index (χ2n) is 4.13. The molecule has 0 aliphatic carbocycles. The molecule has 2 aromatic rings. The van der Waals surface area contributed by atoms with E-state index in [1.165, 1.54) is 0 Å². The molecule has 1 N–H and O–H groups in total. The fourth-order valence-electron chi connectivity index (χ4n) is 1.99. The maximum Gasteiger partial charge on any atom is 0.162 e. The Morgan fingerprint density at radius 1 is 1.44 bits per heavy atom. The van der Waals surface area contributed by atoms with Gasteiger partial charge in [-0.3, -0.25) is 4.68 Å². The zero-order valence-electron chi connectivity index (χ0n) is 10.5. The number of nitrogens with zero attached hydrogens (tertiary/aromatic N) is 2. The van der Waals surface area contributed by atoms with E-state index < -0.39 is 6.10 Å². The molecule has 5 heteroatoms. The minimum atomic E-state index is -0.787. The van der Waals surface area contributed by atoms with Gasteiger partial charge in [0, 0.05) is 12.1 Å². The van der Waals surface area contributed by atoms with Crippen LogP contribution in [0.3, 0.4) is 0 Å². The number of ether oxygens (including phenoxy) is 1. The van der Waals surface area contributed by atoms with Gasteiger partial charge in [0.2, 0.25) is 0 Å². The van der Waals surface area contributed by atoms with E-state index in [-0.39, 0.29) is 0 Å². The van der Waals surface area contributed by atoms with E-state index in [1.54, 1.807) is 31.1 Å². The number of methoxy groups -OCH3 is 1. The van der Waals surface area contributed by atoms with E-state index in [0.29, 0.717) is 16.5 Å². The lowest BCUT2D eigenvalue weighted by molar-refractivity contribution is 0.203. The molecule has 18 heavy (non-hydrogen) atoms. The van der Waals surface area contributed by atoms with Gasteiger partial charge >= 0.3 is 0 Å². The van der Waals surface area contributed by atoms with Crippen LogP contribution >= 0.6 is 11.6 Å². The van der Waals surface area contributed by atoms with Gasteiger partial charge in [0.15, 0.2) is 5.75 Å². The molecular weight excluding hydrogens is 252 g/mol. The topological polar surface area (TPSA) is 47.3 Å². The molecule has 1 heterocycles. The fourth-order valence-corrected chi connectivity index (χ4v) is 2.22. The van der Waals surface area contributed by atoms with Crippen LogP contribution in [0.4, 0.5) is 0 Å². The first kappa shape index (κ1) is 12.9. The number of hydrogen-bond acceptors (Lipinski definition) is 3. The highest BCUT2D eigenvalue weighted by Crippen LogP contribution is 2.31. The van der Waals surface area contributed by atoms with Crippen molar-refractivity contribution in [3.8, 4) is 5.75 Å². The number of rotatable bonds is 3. The third kappa shape index (κ3) is 2.21. The van der Waals surface area contributed by atoms with Crippen LogP contribution < -0.4 is 4.74 Å². The molecule has 96 valence electrons. The summed E-state index contributed by atoms with van der Waals surface area (Å²) in [6, 6.07) is 5.40. The Labute approximate surface area is 111 Å². The summed E-state index contributed by atoms with van der Waals surface area (Å²) in [5.41, 5.74) is 2.35. The number of aliphatic hydroxyl groups excluding tert-OH is 1. The number of aromatic nitrogens is 2. The maximum absolute atomic E-state index is 10.5. The van der Waals surface area contributed by atoms with Crippen molar-refractivity contribution in [3.05, 3.63) is 46.2 Å². The van der Waals surface area contributed by atoms with Gasteiger partial charge in [0.1, 0.15) is 11.8 Å². The average Bonchev–Trinajstić information content (AvgIpc) is 2.69. The summed E-state index contributed by atoms with van der Waals surface area (Å²) in [6.45, 7) is 1.91. The molecule has 0 bridgehead atoms. The van der Waals surface area contributed by atoms with E-state index >= 15 is 0 Å². The average molecular weight is 267 g/mol. The molecule has 0 spiro atoms. The summed E-state index contributed by atoms with van der Waals surface area (Å²) in [6.07, 6.45) is 0.800. The quantitative estimate of drug-likeness (QED) is 0.928. The molecule has 0 aliphatic rings. The summed E-state index contributed by atoms with van der Waals surface area (Å²) in [5, 5.41) is 15.2. The zero-order chi connectivity index (χ0) is 13.3. The molecule has 2 rings (SSSR count). The second kappa shape index (κ2) is 5.00. The summed E-state index contributed by atoms with van der Waals surface area (Å²) in [5.74, 6) is 0.569. The van der Waals surface area contributed by atoms with Crippen molar-refractivity contribution in [1.82, 2.24) is 9.78 Å². The lowest BCUT2D eigenvalue weighted by Crippen LogP contribution is -2.09. The van der Waals surface area contributed by atoms with Crippen molar-refractivity contribution in [1.29, 1.82) is 0 Å². The lowest BCUT2D eigenvalue weighted by atomic mass is 10.0. The SMILES string of the molecule is COc1cnn(C)c1C(O)c1ccc(Cl)cc1C. The van der Waals surface area contributed by atoms with Gasteiger partial charge in [0.25, 0.3) is 0 Å². The maximum atomic E-state index is 10.5. The van der Waals surface area contributed by atoms with Crippen LogP contribution in [0.15, 0.2) is 24.4 Å². The van der Waals surface area contributed by atoms with Crippen LogP contribution in [0.2, 0.25) is 5.02 Å². The highest BCUT2D eigenvalue weighted by molar-refractivity contribution is 6.30. The van der Waals surface area contributed by atoms with Crippen molar-refractivity contribution in [2.45, 2.75) is 13.0 Å². The Morgan fingerprint density at radius 2 is 2.17 bits per heavy atom. The molecule has 0 fully saturated rings. The van der Waals surface area contributed by atoms with Gasteiger partial charge in [0.05, 0.1) is 13.3 Å². The second-order valence-corrected chi connectivity index (χ2v) is 4.56. The van der Waals surface area contributed by atoms with Gasteiger partial charge in [-0.05, 0) is 30.2 Å². The predicted octanol–water partition coefficient (Wildman–Crippen LogP) is 2.47. The van der Waals surface area contributed by atoms with E-state index in [0.717, 1.165) is 11.1 Å². The number of benzene rings is 1. The van der Waals surface area contributed by atoms with Crippen LogP contribution in [0.1, 0.15) is 22.9 Å². The minimum absolute atomic E-state index is 0.569. The van der Waals surface area contributed by atoms with Crippen molar-refractivity contribution < 1.29 is 9.84 Å². The Kier molecular flexibility index (Phi) is 3.59. The van der Waals surface area contributed by atoms with Gasteiger partial charge < -0.3 is 9.84 Å². The van der Waals surface area contributed by atoms with Gasteiger partial charge in [-0.1, -0.05) is 17.7 Å². The largest absolute Gasteiger partial charge is 0.493 e. The highest BCUT2D eigenvalue weighted by Gasteiger charge is 2.21. The van der Waals surface area contributed by atoms with Crippen molar-refractivity contribution in [2.24, 2.45) is 7.05 Å². The molecule has 1 aromatic heterocycles. The molecule has 0 radical (unpaired) electrons. The number of aryl methyl sites for hydroxylation is 2. The minimum Gasteiger partial charge on any atom is -0.493 e. The number of halogens is 1. The molecule has 0 saturated heterocycles. The normalized spacial score (nSPS) is 12.5. The van der Waals surface area contributed by atoms with Gasteiger partial charge in [-0.25, -0.2) is 0 Å². The van der Waals surface area contributed by atoms with Crippen molar-refractivity contribution in [3.63, 3.8) is 0 Å². The van der Waals surface area contributed by atoms with Gasteiger partial charge in [-0.2, -0.15) is 5.10 Å². The van der Waals surface area contributed by atoms with Crippen molar-refractivity contribution in [2.75, 3.05) is 7.11 Å². The van der Waals surface area contributed by atoms with Crippen LogP contribution in [0.25, 0.3) is 0 Å². The molecule has 0 aliphatic heterocycles. The highest BCUT2D eigenvalue weighted by atomic mass is 35.5. The van der Waals surface area contributed by atoms with Crippen LogP contribution in [0, 0.1) is 6.92 Å². The Morgan fingerprint density at radius 3 is 2.78 bits per heavy atom. The van der Waals surface area contributed by atoms with Gasteiger partial charge in [-0.15, -0.1) is 0 Å². The molecule has 4 nitrogen and oxygen atoms in total. The third-order valence-corrected chi connectivity index (χ3v) is 3.19. The molecule has 0 amide bonds. The lowest BCUT2D eigenvalue weighted by Gasteiger charge is -2.15. The first-order chi connectivity index (χ1) is 8.54. The van der Waals surface area contributed by atoms with Crippen LogP contribution in [-0.2, 0) is 7.05 Å². The Balaban J connectivity index is 2.47. The monoisotopic (exact) mass is 266 g/mol. The molecule has 1 unspecified atom stereocenters. The first-order valence-electron chi connectivity index (χ1n) is 5.54. The van der Waals surface area contributed by atoms with Crippen LogP contribution in [-0.4, -0.2) is 22.0 Å². The van der Waals surface area contributed by atoms with E-state index in [2.05, 4.69) is 5.10 Å². The Bertz CT molecular complexity index is 566. The third-order valence-electron chi connectivity index (χ3n) is 2.95. The van der Waals surface area contributed by atoms with Crippen molar-refractivity contribution >= 4 is 11.6 Å². The molecule has 1 atom stereocenters. The smallest absolute Gasteiger partial charge is 0.162 e. The molecule has 1 aromatic carbocycles. The molecular formula is C13H15ClN2O2. The first-order valence-corrected chi connectivity index (χ1v) is 5.92.